The zero-order valence-corrected chi connectivity index (χ0v) is 8.19. The maximum Gasteiger partial charge on any atom is 0.0587 e. The van der Waals surface area contributed by atoms with E-state index in [4.69, 9.17) is 5.84 Å². The van der Waals surface area contributed by atoms with Crippen LogP contribution < -0.4 is 16.6 Å². The molecule has 0 aliphatic heterocycles. The molecule has 0 aromatic heterocycles. The van der Waals surface area contributed by atoms with E-state index in [1.54, 1.807) is 0 Å². The maximum absolute atomic E-state index is 5.17. The molecule has 0 radical (unpaired) electrons. The standard InChI is InChI=1S/C9H21N3/c1-9(2,6-11-7-12-10)8-4-3-5-8/h8,11-12H,3-7,10H2,1-2H3. The Morgan fingerprint density at radius 3 is 2.50 bits per heavy atom. The SMILES string of the molecule is CC(C)(CNCNN)C1CCC1. The predicted octanol–water partition coefficient (Wildman–Crippen LogP) is 0.823. The lowest BCUT2D eigenvalue weighted by atomic mass is 9.67. The van der Waals surface area contributed by atoms with E-state index in [1.165, 1.54) is 19.3 Å². The van der Waals surface area contributed by atoms with Crippen LogP contribution in [0.1, 0.15) is 33.1 Å². The Morgan fingerprint density at radius 2 is 2.08 bits per heavy atom. The minimum atomic E-state index is 0.440. The van der Waals surface area contributed by atoms with Gasteiger partial charge in [-0.25, -0.2) is 5.43 Å². The van der Waals surface area contributed by atoms with Crippen molar-refractivity contribution < 1.29 is 0 Å². The van der Waals surface area contributed by atoms with E-state index in [0.717, 1.165) is 12.5 Å². The van der Waals surface area contributed by atoms with E-state index < -0.39 is 0 Å². The Bertz CT molecular complexity index is 130. The smallest absolute Gasteiger partial charge is 0.0587 e. The van der Waals surface area contributed by atoms with Crippen molar-refractivity contribution >= 4 is 0 Å². The zero-order valence-electron chi connectivity index (χ0n) is 8.19. The first-order chi connectivity index (χ1) is 5.67. The van der Waals surface area contributed by atoms with Gasteiger partial charge in [0.25, 0.3) is 0 Å². The largest absolute Gasteiger partial charge is 0.303 e. The van der Waals surface area contributed by atoms with Crippen molar-refractivity contribution in [2.24, 2.45) is 17.2 Å². The van der Waals surface area contributed by atoms with Gasteiger partial charge in [0.05, 0.1) is 6.67 Å². The van der Waals surface area contributed by atoms with E-state index in [9.17, 15) is 0 Å². The molecule has 1 fully saturated rings. The van der Waals surface area contributed by atoms with Crippen molar-refractivity contribution in [3.05, 3.63) is 0 Å². The molecule has 3 heteroatoms. The van der Waals surface area contributed by atoms with Crippen molar-refractivity contribution in [1.82, 2.24) is 10.7 Å². The van der Waals surface area contributed by atoms with Gasteiger partial charge in [-0.3, -0.25) is 5.84 Å². The molecule has 3 nitrogen and oxygen atoms in total. The topological polar surface area (TPSA) is 50.1 Å². The summed E-state index contributed by atoms with van der Waals surface area (Å²) < 4.78 is 0. The van der Waals surface area contributed by atoms with Gasteiger partial charge in [0.15, 0.2) is 0 Å². The Morgan fingerprint density at radius 1 is 1.42 bits per heavy atom. The van der Waals surface area contributed by atoms with Gasteiger partial charge in [0.1, 0.15) is 0 Å². The van der Waals surface area contributed by atoms with Crippen LogP contribution in [0.5, 0.6) is 0 Å². The Kier molecular flexibility index (Phi) is 3.50. The molecule has 4 N–H and O–H groups in total. The van der Waals surface area contributed by atoms with E-state index in [2.05, 4.69) is 24.6 Å². The summed E-state index contributed by atoms with van der Waals surface area (Å²) in [6.45, 7) is 6.43. The second kappa shape index (κ2) is 4.21. The highest BCUT2D eigenvalue weighted by molar-refractivity contribution is 4.85. The molecular formula is C9H21N3. The van der Waals surface area contributed by atoms with Gasteiger partial charge in [0, 0.05) is 6.54 Å². The highest BCUT2D eigenvalue weighted by Crippen LogP contribution is 2.40. The van der Waals surface area contributed by atoms with Gasteiger partial charge in [-0.05, 0) is 24.2 Å². The second-order valence-corrected chi connectivity index (χ2v) is 4.42. The van der Waals surface area contributed by atoms with Crippen LogP contribution >= 0.6 is 0 Å². The summed E-state index contributed by atoms with van der Waals surface area (Å²) in [6.07, 6.45) is 4.23. The number of nitrogens with two attached hydrogens (primary N) is 1. The highest BCUT2D eigenvalue weighted by Gasteiger charge is 2.33. The van der Waals surface area contributed by atoms with Crippen LogP contribution in [0.3, 0.4) is 0 Å². The van der Waals surface area contributed by atoms with Crippen LogP contribution in [-0.4, -0.2) is 13.2 Å². The third kappa shape index (κ3) is 2.44. The molecule has 0 bridgehead atoms. The van der Waals surface area contributed by atoms with Gasteiger partial charge in [-0.2, -0.15) is 0 Å². The van der Waals surface area contributed by atoms with Gasteiger partial charge < -0.3 is 5.32 Å². The second-order valence-electron chi connectivity index (χ2n) is 4.42. The first-order valence-corrected chi connectivity index (χ1v) is 4.81. The monoisotopic (exact) mass is 171 g/mol. The molecule has 0 saturated heterocycles. The van der Waals surface area contributed by atoms with Crippen LogP contribution in [0.2, 0.25) is 0 Å². The van der Waals surface area contributed by atoms with Crippen molar-refractivity contribution in [2.45, 2.75) is 33.1 Å². The fraction of sp³-hybridized carbons (Fsp3) is 1.00. The number of nitrogens with one attached hydrogen (secondary N) is 2. The van der Waals surface area contributed by atoms with Gasteiger partial charge >= 0.3 is 0 Å². The summed E-state index contributed by atoms with van der Waals surface area (Å²) in [6, 6.07) is 0. The van der Waals surface area contributed by atoms with Crippen LogP contribution in [0.25, 0.3) is 0 Å². The van der Waals surface area contributed by atoms with Crippen molar-refractivity contribution in [3.8, 4) is 0 Å². The summed E-state index contributed by atoms with van der Waals surface area (Å²) >= 11 is 0. The molecule has 0 heterocycles. The lowest BCUT2D eigenvalue weighted by Gasteiger charge is -2.40. The zero-order chi connectivity index (χ0) is 9.03. The summed E-state index contributed by atoms with van der Waals surface area (Å²) in [5.41, 5.74) is 3.04. The van der Waals surface area contributed by atoms with Gasteiger partial charge in [-0.15, -0.1) is 0 Å². The molecule has 0 amide bonds. The predicted molar refractivity (Wildman–Crippen MR) is 51.3 cm³/mol. The summed E-state index contributed by atoms with van der Waals surface area (Å²) in [4.78, 5) is 0. The molecule has 1 aliphatic rings. The van der Waals surface area contributed by atoms with E-state index in [0.29, 0.717) is 12.1 Å². The number of hydrogen-bond donors (Lipinski definition) is 3. The van der Waals surface area contributed by atoms with Crippen LogP contribution in [0.15, 0.2) is 0 Å². The average Bonchev–Trinajstić information content (AvgIpc) is 1.82. The maximum atomic E-state index is 5.17. The molecule has 0 unspecified atom stereocenters. The molecule has 1 aliphatic carbocycles. The minimum absolute atomic E-state index is 0.440. The summed E-state index contributed by atoms with van der Waals surface area (Å²) in [7, 11) is 0. The molecule has 0 atom stereocenters. The lowest BCUT2D eigenvalue weighted by molar-refractivity contribution is 0.118. The van der Waals surface area contributed by atoms with Gasteiger partial charge in [0.2, 0.25) is 0 Å². The molecule has 0 aromatic rings. The number of rotatable bonds is 5. The molecule has 1 rings (SSSR count). The lowest BCUT2D eigenvalue weighted by Crippen LogP contribution is -2.43. The fourth-order valence-corrected chi connectivity index (χ4v) is 1.79. The van der Waals surface area contributed by atoms with Gasteiger partial charge in [-0.1, -0.05) is 20.3 Å². The fourth-order valence-electron chi connectivity index (χ4n) is 1.79. The van der Waals surface area contributed by atoms with Crippen molar-refractivity contribution in [3.63, 3.8) is 0 Å². The van der Waals surface area contributed by atoms with Crippen LogP contribution in [-0.2, 0) is 0 Å². The first-order valence-electron chi connectivity index (χ1n) is 4.81. The van der Waals surface area contributed by atoms with Crippen LogP contribution in [0, 0.1) is 11.3 Å². The summed E-state index contributed by atoms with van der Waals surface area (Å²) in [5, 5.41) is 3.29. The Hall–Kier alpha value is -0.120. The molecular weight excluding hydrogens is 150 g/mol. The highest BCUT2D eigenvalue weighted by atomic mass is 15.3. The van der Waals surface area contributed by atoms with E-state index in [1.807, 2.05) is 0 Å². The normalized spacial score (nSPS) is 19.2. The Balaban J connectivity index is 2.17. The Labute approximate surface area is 75.1 Å². The van der Waals surface area contributed by atoms with E-state index in [-0.39, 0.29) is 0 Å². The quantitative estimate of drug-likeness (QED) is 0.248. The average molecular weight is 171 g/mol. The third-order valence-corrected chi connectivity index (χ3v) is 3.02. The summed E-state index contributed by atoms with van der Waals surface area (Å²) in [5.74, 6) is 6.09. The third-order valence-electron chi connectivity index (χ3n) is 3.02. The number of hydrogen-bond acceptors (Lipinski definition) is 3. The minimum Gasteiger partial charge on any atom is -0.303 e. The number of hydrazine groups is 1. The molecule has 0 aromatic carbocycles. The van der Waals surface area contributed by atoms with Crippen molar-refractivity contribution in [2.75, 3.05) is 13.2 Å². The molecule has 1 saturated carbocycles. The molecule has 0 spiro atoms. The van der Waals surface area contributed by atoms with E-state index >= 15 is 0 Å². The van der Waals surface area contributed by atoms with Crippen LogP contribution in [0.4, 0.5) is 0 Å². The first kappa shape index (κ1) is 9.96. The van der Waals surface area contributed by atoms with Crippen molar-refractivity contribution in [1.29, 1.82) is 0 Å². The molecule has 72 valence electrons. The molecule has 12 heavy (non-hydrogen) atoms.